The van der Waals surface area contributed by atoms with E-state index in [9.17, 15) is 20.2 Å². The van der Waals surface area contributed by atoms with E-state index in [0.29, 0.717) is 19.0 Å². The lowest BCUT2D eigenvalue weighted by Crippen LogP contribution is -2.32. The largest absolute Gasteiger partial charge is 0.351 e. The van der Waals surface area contributed by atoms with Crippen molar-refractivity contribution in [3.63, 3.8) is 0 Å². The molecular formula is C14H19BrN6O4. The fourth-order valence-corrected chi connectivity index (χ4v) is 3.59. The Morgan fingerprint density at radius 1 is 0.920 bits per heavy atom. The number of rotatable bonds is 5. The van der Waals surface area contributed by atoms with Crippen LogP contribution in [0.4, 0.5) is 17.5 Å². The average molecular weight is 415 g/mol. The maximum atomic E-state index is 11.7. The minimum absolute atomic E-state index is 0.188. The summed E-state index contributed by atoms with van der Waals surface area (Å²) < 4.78 is 0. The van der Waals surface area contributed by atoms with Crippen LogP contribution < -0.4 is 9.80 Å². The molecular weight excluding hydrogens is 396 g/mol. The summed E-state index contributed by atoms with van der Waals surface area (Å²) in [5.74, 6) is 0.535. The second-order valence-electron chi connectivity index (χ2n) is 6.20. The van der Waals surface area contributed by atoms with Gasteiger partial charge in [0.05, 0.1) is 4.92 Å². The zero-order valence-corrected chi connectivity index (χ0v) is 15.2. The first-order chi connectivity index (χ1) is 12.0. The summed E-state index contributed by atoms with van der Waals surface area (Å²) in [7, 11) is 0. The van der Waals surface area contributed by atoms with E-state index in [-0.39, 0.29) is 17.2 Å². The van der Waals surface area contributed by atoms with Crippen LogP contribution in [0, 0.1) is 20.2 Å². The van der Waals surface area contributed by atoms with Gasteiger partial charge < -0.3 is 9.80 Å². The number of hydrogen-bond acceptors (Lipinski definition) is 8. The monoisotopic (exact) mass is 414 g/mol. The van der Waals surface area contributed by atoms with Crippen LogP contribution >= 0.6 is 15.9 Å². The first-order valence-corrected chi connectivity index (χ1v) is 9.24. The Bertz CT molecular complexity index is 676. The molecule has 2 aliphatic heterocycles. The van der Waals surface area contributed by atoms with E-state index in [1.165, 1.54) is 0 Å². The van der Waals surface area contributed by atoms with Gasteiger partial charge in [-0.15, -0.1) is 0 Å². The molecule has 0 aliphatic carbocycles. The molecule has 3 rings (SSSR count). The first kappa shape index (κ1) is 17.8. The summed E-state index contributed by atoms with van der Waals surface area (Å²) in [5.41, 5.74) is -0.559. The predicted octanol–water partition coefficient (Wildman–Crippen LogP) is 2.65. The Hall–Kier alpha value is -2.04. The molecule has 10 nitrogen and oxygen atoms in total. The Balaban J connectivity index is 2.14. The van der Waals surface area contributed by atoms with Crippen molar-refractivity contribution in [2.24, 2.45) is 0 Å². The molecule has 0 spiro atoms. The molecule has 0 bridgehead atoms. The maximum Gasteiger partial charge on any atom is 0.341 e. The number of hydrogen-bond donors (Lipinski definition) is 0. The molecule has 0 N–H and O–H groups in total. The summed E-state index contributed by atoms with van der Waals surface area (Å²) >= 11 is 2.94. The lowest BCUT2D eigenvalue weighted by molar-refractivity contribution is -0.500. The fraction of sp³-hybridized carbons (Fsp3) is 0.714. The van der Waals surface area contributed by atoms with Crippen LogP contribution in [0.2, 0.25) is 0 Å². The molecule has 2 saturated heterocycles. The van der Waals surface area contributed by atoms with Gasteiger partial charge in [0.1, 0.15) is 0 Å². The Morgan fingerprint density at radius 2 is 1.48 bits per heavy atom. The van der Waals surface area contributed by atoms with Crippen molar-refractivity contribution in [2.45, 2.75) is 37.1 Å². The van der Waals surface area contributed by atoms with E-state index >= 15 is 0 Å². The number of aromatic nitrogens is 2. The van der Waals surface area contributed by atoms with E-state index < -0.39 is 14.8 Å². The molecule has 1 aromatic heterocycles. The van der Waals surface area contributed by atoms with Gasteiger partial charge in [0.2, 0.25) is 17.5 Å². The molecule has 1 aromatic rings. The lowest BCUT2D eigenvalue weighted by Gasteiger charge is -2.28. The van der Waals surface area contributed by atoms with Crippen molar-refractivity contribution in [3.05, 3.63) is 25.9 Å². The lowest BCUT2D eigenvalue weighted by atomic mass is 10.1. The number of alkyl halides is 1. The number of piperidine rings is 1. The van der Waals surface area contributed by atoms with Crippen LogP contribution in [-0.2, 0) is 0 Å². The van der Waals surface area contributed by atoms with Crippen LogP contribution in [0.3, 0.4) is 0 Å². The molecule has 0 aromatic carbocycles. The van der Waals surface area contributed by atoms with Crippen molar-refractivity contribution >= 4 is 33.4 Å². The summed E-state index contributed by atoms with van der Waals surface area (Å²) in [6.45, 7) is 2.81. The van der Waals surface area contributed by atoms with Crippen molar-refractivity contribution in [1.29, 1.82) is 0 Å². The molecule has 1 unspecified atom stereocenters. The highest BCUT2D eigenvalue weighted by Gasteiger charge is 2.38. The van der Waals surface area contributed by atoms with E-state index in [1.807, 2.05) is 9.80 Å². The van der Waals surface area contributed by atoms with Crippen LogP contribution in [-0.4, -0.2) is 46.0 Å². The molecule has 11 heteroatoms. The van der Waals surface area contributed by atoms with E-state index in [4.69, 9.17) is 0 Å². The van der Waals surface area contributed by atoms with Crippen molar-refractivity contribution in [2.75, 3.05) is 36.0 Å². The predicted molar refractivity (Wildman–Crippen MR) is 94.9 cm³/mol. The van der Waals surface area contributed by atoms with E-state index in [2.05, 4.69) is 25.9 Å². The Morgan fingerprint density at radius 3 is 2.04 bits per heavy atom. The van der Waals surface area contributed by atoms with Crippen LogP contribution in [0.5, 0.6) is 0 Å². The van der Waals surface area contributed by atoms with Gasteiger partial charge in [-0.25, -0.2) is 4.98 Å². The third kappa shape index (κ3) is 3.65. The van der Waals surface area contributed by atoms with Gasteiger partial charge in [0, 0.05) is 47.0 Å². The number of anilines is 2. The van der Waals surface area contributed by atoms with Crippen molar-refractivity contribution in [3.8, 4) is 0 Å². The molecule has 0 amide bonds. The van der Waals surface area contributed by atoms with Crippen LogP contribution in [0.1, 0.15) is 42.7 Å². The van der Waals surface area contributed by atoms with Gasteiger partial charge in [-0.05, 0) is 32.1 Å². The fourth-order valence-electron chi connectivity index (χ4n) is 3.27. The van der Waals surface area contributed by atoms with Crippen LogP contribution in [0.25, 0.3) is 0 Å². The third-order valence-electron chi connectivity index (χ3n) is 4.52. The molecule has 0 saturated carbocycles. The smallest absolute Gasteiger partial charge is 0.341 e. The van der Waals surface area contributed by atoms with E-state index in [0.717, 1.165) is 45.2 Å². The van der Waals surface area contributed by atoms with Gasteiger partial charge in [-0.3, -0.25) is 20.2 Å². The summed E-state index contributed by atoms with van der Waals surface area (Å²) in [5, 5.41) is 22.9. The second kappa shape index (κ2) is 7.46. The molecule has 0 radical (unpaired) electrons. The average Bonchev–Trinajstić information content (AvgIpc) is 3.15. The third-order valence-corrected chi connectivity index (χ3v) is 5.29. The van der Waals surface area contributed by atoms with Gasteiger partial charge in [0.15, 0.2) is 0 Å². The highest BCUT2D eigenvalue weighted by Crippen LogP contribution is 2.39. The highest BCUT2D eigenvalue weighted by atomic mass is 79.9. The highest BCUT2D eigenvalue weighted by molar-refractivity contribution is 9.09. The van der Waals surface area contributed by atoms with Gasteiger partial charge in [0.25, 0.3) is 0 Å². The quantitative estimate of drug-likeness (QED) is 0.312. The zero-order valence-electron chi connectivity index (χ0n) is 13.6. The second-order valence-corrected chi connectivity index (χ2v) is 7.07. The maximum absolute atomic E-state index is 11.7. The van der Waals surface area contributed by atoms with Crippen molar-refractivity contribution in [1.82, 2.24) is 9.97 Å². The zero-order chi connectivity index (χ0) is 18.0. The normalized spacial score (nSPS) is 19.1. The molecule has 2 fully saturated rings. The topological polar surface area (TPSA) is 119 Å². The minimum atomic E-state index is -1.44. The molecule has 25 heavy (non-hydrogen) atoms. The summed E-state index contributed by atoms with van der Waals surface area (Å²) in [6, 6.07) is 0. The summed E-state index contributed by atoms with van der Waals surface area (Å²) in [6.07, 6.45) is 4.88. The SMILES string of the molecule is O=[N+]([O-])c1c(C(Br)[N+](=O)[O-])nc(N2CCCC2)nc1N1CCCCC1. The Kier molecular flexibility index (Phi) is 5.30. The number of halogens is 1. The van der Waals surface area contributed by atoms with Crippen molar-refractivity contribution < 1.29 is 9.85 Å². The molecule has 1 atom stereocenters. The van der Waals surface area contributed by atoms with Gasteiger partial charge >= 0.3 is 10.6 Å². The standard InChI is InChI=1S/C14H19BrN6O4/c15-12(21(24)25)10-11(20(22)23)13(18-6-2-1-3-7-18)17-14(16-10)19-8-4-5-9-19/h12H,1-9H2. The first-order valence-electron chi connectivity index (χ1n) is 8.33. The number of nitrogens with zero attached hydrogens (tertiary/aromatic N) is 6. The number of nitro groups is 2. The Labute approximate surface area is 152 Å². The van der Waals surface area contributed by atoms with Gasteiger partial charge in [-0.2, -0.15) is 4.98 Å². The van der Waals surface area contributed by atoms with Gasteiger partial charge in [-0.1, -0.05) is 0 Å². The summed E-state index contributed by atoms with van der Waals surface area (Å²) in [4.78, 5) is 32.7. The van der Waals surface area contributed by atoms with E-state index in [1.54, 1.807) is 0 Å². The molecule has 3 heterocycles. The molecule has 136 valence electrons. The molecule has 2 aliphatic rings. The van der Waals surface area contributed by atoms with Crippen LogP contribution in [0.15, 0.2) is 0 Å². The minimum Gasteiger partial charge on any atom is -0.351 e.